The number of benzene rings is 2. The first-order valence-corrected chi connectivity index (χ1v) is 14.7. The number of hydrogen-bond acceptors (Lipinski definition) is 7. The molecule has 1 amide bonds. The standard InChI is InChI=1S/C32H34N8O2/c1-38-30-24(9-21(11-28(30)42-2)32(41)40-16-20-6-8-25(40)29(20)33)37-31(38)27-10-19-5-7-22(36-23-13-34-17-35-14-23)12-26(19)39(27)15-18-3-4-18/h5,7,9-14,17-18,20,25,29,36H,3-4,6,8,15-16,33H2,1-2H3/t20?,25?,29-/m1/s1. The Morgan fingerprint density at radius 3 is 2.62 bits per heavy atom. The normalized spacial score (nSPS) is 21.5. The van der Waals surface area contributed by atoms with Gasteiger partial charge in [0.05, 0.1) is 41.9 Å². The Balaban J connectivity index is 1.21. The van der Waals surface area contributed by atoms with E-state index in [4.69, 9.17) is 15.5 Å². The van der Waals surface area contributed by atoms with Crippen molar-refractivity contribution >= 4 is 39.2 Å². The SMILES string of the molecule is COc1cc(C(=O)N2CC3CCC2[C@@H]3N)cc2nc(-c3cc4ccc(Nc5cncnc5)cc4n3CC3CC3)n(C)c12. The van der Waals surface area contributed by atoms with Gasteiger partial charge in [-0.1, -0.05) is 6.07 Å². The van der Waals surface area contributed by atoms with Crippen molar-refractivity contribution in [2.24, 2.45) is 24.6 Å². The Bertz CT molecular complexity index is 1840. The fourth-order valence-corrected chi connectivity index (χ4v) is 7.07. The number of likely N-dealkylation sites (tertiary alicyclic amines) is 1. The molecule has 1 aliphatic heterocycles. The molecule has 4 heterocycles. The summed E-state index contributed by atoms with van der Waals surface area (Å²) in [5.41, 5.74) is 12.6. The predicted molar refractivity (Wildman–Crippen MR) is 162 cm³/mol. The van der Waals surface area contributed by atoms with Gasteiger partial charge in [-0.15, -0.1) is 0 Å². The Hall–Kier alpha value is -4.44. The number of piperidine rings is 1. The van der Waals surface area contributed by atoms with Gasteiger partial charge in [0.15, 0.2) is 5.82 Å². The molecule has 5 aromatic rings. The Morgan fingerprint density at radius 2 is 1.90 bits per heavy atom. The molecule has 3 N–H and O–H groups in total. The minimum Gasteiger partial charge on any atom is -0.494 e. The van der Waals surface area contributed by atoms with Crippen LogP contribution in [0, 0.1) is 11.8 Å². The first-order valence-electron chi connectivity index (χ1n) is 14.7. The Morgan fingerprint density at radius 1 is 1.07 bits per heavy atom. The van der Waals surface area contributed by atoms with E-state index >= 15 is 0 Å². The van der Waals surface area contributed by atoms with Gasteiger partial charge in [-0.05, 0) is 67.9 Å². The van der Waals surface area contributed by atoms with Crippen molar-refractivity contribution in [3.63, 3.8) is 0 Å². The number of ether oxygens (including phenoxy) is 1. The van der Waals surface area contributed by atoms with E-state index in [0.717, 1.165) is 70.8 Å². The smallest absolute Gasteiger partial charge is 0.254 e. The minimum atomic E-state index is 0.0109. The van der Waals surface area contributed by atoms with Crippen LogP contribution in [0.3, 0.4) is 0 Å². The quantitative estimate of drug-likeness (QED) is 0.295. The van der Waals surface area contributed by atoms with Crippen LogP contribution in [0.5, 0.6) is 5.75 Å². The molecule has 1 saturated heterocycles. The maximum atomic E-state index is 13.7. The minimum absolute atomic E-state index is 0.0109. The highest BCUT2D eigenvalue weighted by Gasteiger charge is 2.47. The summed E-state index contributed by atoms with van der Waals surface area (Å²) in [7, 11) is 3.68. The van der Waals surface area contributed by atoms with Gasteiger partial charge in [-0.25, -0.2) is 15.0 Å². The van der Waals surface area contributed by atoms with Crippen molar-refractivity contribution in [2.45, 2.75) is 44.3 Å². The van der Waals surface area contributed by atoms with E-state index in [2.05, 4.69) is 48.7 Å². The van der Waals surface area contributed by atoms with Crippen LogP contribution in [-0.4, -0.2) is 60.6 Å². The molecule has 2 aliphatic carbocycles. The average molecular weight is 563 g/mol. The lowest BCUT2D eigenvalue weighted by Gasteiger charge is -2.27. The lowest BCUT2D eigenvalue weighted by molar-refractivity contribution is 0.0700. The summed E-state index contributed by atoms with van der Waals surface area (Å²) in [5, 5.41) is 4.57. The van der Waals surface area contributed by atoms with Crippen LogP contribution in [0.1, 0.15) is 36.0 Å². The van der Waals surface area contributed by atoms with Crippen molar-refractivity contribution in [1.29, 1.82) is 0 Å². The predicted octanol–water partition coefficient (Wildman–Crippen LogP) is 4.71. The number of amides is 1. The van der Waals surface area contributed by atoms with E-state index in [9.17, 15) is 4.79 Å². The molecule has 0 radical (unpaired) electrons. The van der Waals surface area contributed by atoms with E-state index in [1.807, 2.05) is 24.1 Å². The monoisotopic (exact) mass is 562 g/mol. The van der Waals surface area contributed by atoms with Gasteiger partial charge in [-0.2, -0.15) is 0 Å². The Labute approximate surface area is 243 Å². The third kappa shape index (κ3) is 4.04. The second-order valence-electron chi connectivity index (χ2n) is 12.1. The second kappa shape index (κ2) is 9.55. The highest BCUT2D eigenvalue weighted by molar-refractivity contribution is 6.00. The zero-order chi connectivity index (χ0) is 28.5. The molecule has 2 saturated carbocycles. The second-order valence-corrected chi connectivity index (χ2v) is 12.1. The third-order valence-corrected chi connectivity index (χ3v) is 9.44. The largest absolute Gasteiger partial charge is 0.494 e. The summed E-state index contributed by atoms with van der Waals surface area (Å²) in [6, 6.07) is 12.6. The number of anilines is 2. The molecular weight excluding hydrogens is 528 g/mol. The highest BCUT2D eigenvalue weighted by Crippen LogP contribution is 2.40. The van der Waals surface area contributed by atoms with Crippen LogP contribution in [0.25, 0.3) is 33.5 Å². The summed E-state index contributed by atoms with van der Waals surface area (Å²) in [5.74, 6) is 2.56. The number of hydrogen-bond donors (Lipinski definition) is 2. The van der Waals surface area contributed by atoms with Crippen LogP contribution >= 0.6 is 0 Å². The maximum Gasteiger partial charge on any atom is 0.254 e. The molecule has 10 heteroatoms. The van der Waals surface area contributed by atoms with E-state index in [-0.39, 0.29) is 18.0 Å². The molecule has 214 valence electrons. The van der Waals surface area contributed by atoms with Crippen LogP contribution in [0.15, 0.2) is 55.1 Å². The summed E-state index contributed by atoms with van der Waals surface area (Å²) >= 11 is 0. The number of methoxy groups -OCH3 is 1. The number of aryl methyl sites for hydroxylation is 1. The molecule has 3 aromatic heterocycles. The first kappa shape index (κ1) is 25.3. The lowest BCUT2D eigenvalue weighted by Crippen LogP contribution is -2.41. The average Bonchev–Trinajstić information content (AvgIpc) is 3.42. The van der Waals surface area contributed by atoms with E-state index < -0.39 is 0 Å². The van der Waals surface area contributed by atoms with Gasteiger partial charge in [-0.3, -0.25) is 4.79 Å². The van der Waals surface area contributed by atoms with Crippen LogP contribution in [0.4, 0.5) is 11.4 Å². The van der Waals surface area contributed by atoms with Gasteiger partial charge in [0.1, 0.15) is 17.6 Å². The number of aromatic nitrogens is 5. The molecule has 2 bridgehead atoms. The first-order chi connectivity index (χ1) is 20.5. The molecule has 42 heavy (non-hydrogen) atoms. The van der Waals surface area contributed by atoms with Gasteiger partial charge >= 0.3 is 0 Å². The van der Waals surface area contributed by atoms with Crippen molar-refractivity contribution in [2.75, 3.05) is 19.0 Å². The zero-order valence-electron chi connectivity index (χ0n) is 23.8. The van der Waals surface area contributed by atoms with Crippen LogP contribution in [-0.2, 0) is 13.6 Å². The number of rotatable bonds is 7. The van der Waals surface area contributed by atoms with E-state index in [0.29, 0.717) is 23.1 Å². The lowest BCUT2D eigenvalue weighted by atomic mass is 10.1. The third-order valence-electron chi connectivity index (χ3n) is 9.44. The van der Waals surface area contributed by atoms with Crippen molar-refractivity contribution in [1.82, 2.24) is 29.0 Å². The molecule has 3 fully saturated rings. The fourth-order valence-electron chi connectivity index (χ4n) is 7.07. The topological polar surface area (TPSA) is 116 Å². The van der Waals surface area contributed by atoms with E-state index in [1.54, 1.807) is 19.5 Å². The van der Waals surface area contributed by atoms with Gasteiger partial charge in [0.2, 0.25) is 0 Å². The number of nitrogens with zero attached hydrogens (tertiary/aromatic N) is 6. The fraction of sp³-hybridized carbons (Fsp3) is 0.375. The molecule has 3 aliphatic rings. The van der Waals surface area contributed by atoms with Crippen LogP contribution in [0.2, 0.25) is 0 Å². The summed E-state index contributed by atoms with van der Waals surface area (Å²) in [6.07, 6.45) is 9.62. The van der Waals surface area contributed by atoms with Gasteiger partial charge in [0, 0.05) is 48.9 Å². The van der Waals surface area contributed by atoms with Crippen molar-refractivity contribution < 1.29 is 9.53 Å². The van der Waals surface area contributed by atoms with Crippen molar-refractivity contribution in [3.8, 4) is 17.3 Å². The number of nitrogens with two attached hydrogens (primary N) is 1. The summed E-state index contributed by atoms with van der Waals surface area (Å²) < 4.78 is 10.3. The summed E-state index contributed by atoms with van der Waals surface area (Å²) in [4.78, 5) is 29.0. The maximum absolute atomic E-state index is 13.7. The summed E-state index contributed by atoms with van der Waals surface area (Å²) in [6.45, 7) is 1.66. The van der Waals surface area contributed by atoms with Gasteiger partial charge in [0.25, 0.3) is 5.91 Å². The van der Waals surface area contributed by atoms with E-state index in [1.165, 1.54) is 19.2 Å². The Kier molecular flexibility index (Phi) is 5.75. The molecule has 2 aromatic carbocycles. The molecule has 2 unspecified atom stereocenters. The number of carbonyl (C=O) groups is 1. The van der Waals surface area contributed by atoms with Gasteiger partial charge < -0.3 is 29.8 Å². The number of imidazole rings is 1. The zero-order valence-corrected chi connectivity index (χ0v) is 23.8. The molecular formula is C32H34N8O2. The molecule has 8 rings (SSSR count). The number of nitrogens with one attached hydrogen (secondary N) is 1. The molecule has 0 spiro atoms. The molecule has 10 nitrogen and oxygen atoms in total. The molecule has 3 atom stereocenters. The number of carbonyl (C=O) groups excluding carboxylic acids is 1. The van der Waals surface area contributed by atoms with Crippen LogP contribution < -0.4 is 15.8 Å². The van der Waals surface area contributed by atoms with Crippen molar-refractivity contribution in [3.05, 3.63) is 60.7 Å². The number of fused-ring (bicyclic) bond motifs is 4. The highest BCUT2D eigenvalue weighted by atomic mass is 16.5.